The van der Waals surface area contributed by atoms with Gasteiger partial charge < -0.3 is 15.2 Å². The van der Waals surface area contributed by atoms with Gasteiger partial charge in [-0.15, -0.1) is 0 Å². The summed E-state index contributed by atoms with van der Waals surface area (Å²) in [6.07, 6.45) is 0.275. The number of carbonyl (C=O) groups excluding carboxylic acids is 1. The van der Waals surface area contributed by atoms with Crippen molar-refractivity contribution in [1.29, 1.82) is 0 Å². The van der Waals surface area contributed by atoms with Gasteiger partial charge in [-0.25, -0.2) is 0 Å². The number of amides is 1. The summed E-state index contributed by atoms with van der Waals surface area (Å²) < 4.78 is 5.17. The van der Waals surface area contributed by atoms with Gasteiger partial charge in [-0.1, -0.05) is 17.3 Å². The van der Waals surface area contributed by atoms with Crippen LogP contribution in [0.2, 0.25) is 0 Å². The molecule has 5 nitrogen and oxygen atoms in total. The van der Waals surface area contributed by atoms with E-state index in [4.69, 9.17) is 4.52 Å². The number of fused-ring (bicyclic) bond motifs is 1. The number of nitrogens with zero attached hydrogens (tertiary/aromatic N) is 1. The molecule has 5 heteroatoms. The number of aromatic nitrogens is 1. The fourth-order valence-corrected chi connectivity index (χ4v) is 2.03. The second-order valence-electron chi connectivity index (χ2n) is 4.63. The highest BCUT2D eigenvalue weighted by atomic mass is 16.5. The van der Waals surface area contributed by atoms with Crippen molar-refractivity contribution in [3.63, 3.8) is 0 Å². The molecule has 1 aromatic heterocycles. The summed E-state index contributed by atoms with van der Waals surface area (Å²) in [4.78, 5) is 11.8. The SMILES string of the molecule is O=C(Cc1noc2ccccc12)NCC1CNC1. The van der Waals surface area contributed by atoms with Crippen molar-refractivity contribution >= 4 is 16.9 Å². The topological polar surface area (TPSA) is 67.2 Å². The molecule has 0 saturated carbocycles. The van der Waals surface area contributed by atoms with Crippen LogP contribution >= 0.6 is 0 Å². The third kappa shape index (κ3) is 2.22. The summed E-state index contributed by atoms with van der Waals surface area (Å²) >= 11 is 0. The van der Waals surface area contributed by atoms with Crippen molar-refractivity contribution in [2.24, 2.45) is 5.92 Å². The summed E-state index contributed by atoms with van der Waals surface area (Å²) in [5, 5.41) is 11.0. The van der Waals surface area contributed by atoms with Gasteiger partial charge in [-0.05, 0) is 12.1 Å². The molecule has 0 radical (unpaired) electrons. The lowest BCUT2D eigenvalue weighted by Crippen LogP contribution is -2.48. The summed E-state index contributed by atoms with van der Waals surface area (Å²) in [5.41, 5.74) is 1.43. The minimum absolute atomic E-state index is 0.000882. The van der Waals surface area contributed by atoms with E-state index in [0.29, 0.717) is 11.6 Å². The third-order valence-corrected chi connectivity index (χ3v) is 3.23. The molecule has 1 amide bonds. The monoisotopic (exact) mass is 245 g/mol. The van der Waals surface area contributed by atoms with Crippen LogP contribution in [0.5, 0.6) is 0 Å². The van der Waals surface area contributed by atoms with Crippen LogP contribution in [0.3, 0.4) is 0 Å². The molecule has 1 aliphatic rings. The number of carbonyl (C=O) groups is 1. The number of rotatable bonds is 4. The van der Waals surface area contributed by atoms with Crippen molar-refractivity contribution in [2.75, 3.05) is 19.6 Å². The van der Waals surface area contributed by atoms with Crippen LogP contribution in [-0.4, -0.2) is 30.7 Å². The number of hydrogen-bond acceptors (Lipinski definition) is 4. The highest BCUT2D eigenvalue weighted by Gasteiger charge is 2.18. The molecule has 1 fully saturated rings. The van der Waals surface area contributed by atoms with Crippen LogP contribution in [0.15, 0.2) is 28.8 Å². The van der Waals surface area contributed by atoms with Crippen molar-refractivity contribution < 1.29 is 9.32 Å². The first-order chi connectivity index (χ1) is 8.83. The van der Waals surface area contributed by atoms with Gasteiger partial charge >= 0.3 is 0 Å². The predicted molar refractivity (Wildman–Crippen MR) is 67.1 cm³/mol. The smallest absolute Gasteiger partial charge is 0.226 e. The number of hydrogen-bond donors (Lipinski definition) is 2. The van der Waals surface area contributed by atoms with Gasteiger partial charge in [-0.3, -0.25) is 4.79 Å². The van der Waals surface area contributed by atoms with Gasteiger partial charge in [0.1, 0.15) is 5.69 Å². The van der Waals surface area contributed by atoms with Crippen LogP contribution < -0.4 is 10.6 Å². The lowest BCUT2D eigenvalue weighted by Gasteiger charge is -2.26. The quantitative estimate of drug-likeness (QED) is 0.832. The first-order valence-electron chi connectivity index (χ1n) is 6.13. The Morgan fingerprint density at radius 2 is 2.28 bits per heavy atom. The molecule has 1 aromatic carbocycles. The molecule has 1 aliphatic heterocycles. The predicted octanol–water partition coefficient (Wildman–Crippen LogP) is 0.706. The average molecular weight is 245 g/mol. The zero-order valence-electron chi connectivity index (χ0n) is 9.98. The van der Waals surface area contributed by atoms with Gasteiger partial charge in [0.15, 0.2) is 5.58 Å². The molecule has 2 N–H and O–H groups in total. The van der Waals surface area contributed by atoms with Gasteiger partial charge in [0.05, 0.1) is 6.42 Å². The Bertz CT molecular complexity index is 560. The Balaban J connectivity index is 1.62. The maximum atomic E-state index is 11.8. The van der Waals surface area contributed by atoms with Crippen molar-refractivity contribution in [2.45, 2.75) is 6.42 Å². The lowest BCUT2D eigenvalue weighted by molar-refractivity contribution is -0.120. The standard InChI is InChI=1S/C13H15N3O2/c17-13(15-8-9-6-14-7-9)5-11-10-3-1-2-4-12(10)18-16-11/h1-4,9,14H,5-8H2,(H,15,17). The average Bonchev–Trinajstić information content (AvgIpc) is 2.71. The largest absolute Gasteiger partial charge is 0.356 e. The molecule has 0 unspecified atom stereocenters. The summed E-state index contributed by atoms with van der Waals surface area (Å²) in [6.45, 7) is 2.72. The van der Waals surface area contributed by atoms with Gasteiger partial charge in [0.2, 0.25) is 5.91 Å². The maximum absolute atomic E-state index is 11.8. The molecular formula is C13H15N3O2. The van der Waals surface area contributed by atoms with E-state index in [9.17, 15) is 4.79 Å². The number of benzene rings is 1. The van der Waals surface area contributed by atoms with Crippen LogP contribution in [-0.2, 0) is 11.2 Å². The Labute approximate surface area is 105 Å². The normalized spacial score (nSPS) is 15.6. The number of para-hydroxylation sites is 1. The van der Waals surface area contributed by atoms with Crippen molar-refractivity contribution in [3.8, 4) is 0 Å². The molecule has 94 valence electrons. The summed E-state index contributed by atoms with van der Waals surface area (Å²) in [6, 6.07) is 7.58. The van der Waals surface area contributed by atoms with E-state index in [1.54, 1.807) is 0 Å². The van der Waals surface area contributed by atoms with Crippen LogP contribution in [0.25, 0.3) is 11.0 Å². The Morgan fingerprint density at radius 3 is 3.06 bits per heavy atom. The Kier molecular flexibility index (Phi) is 2.98. The zero-order chi connectivity index (χ0) is 12.4. The fraction of sp³-hybridized carbons (Fsp3) is 0.385. The van der Waals surface area contributed by atoms with E-state index in [1.807, 2.05) is 24.3 Å². The minimum atomic E-state index is 0.000882. The second kappa shape index (κ2) is 4.78. The van der Waals surface area contributed by atoms with Crippen LogP contribution in [0.4, 0.5) is 0 Å². The van der Waals surface area contributed by atoms with E-state index in [2.05, 4.69) is 15.8 Å². The lowest BCUT2D eigenvalue weighted by atomic mass is 10.0. The van der Waals surface area contributed by atoms with E-state index in [0.717, 1.165) is 30.6 Å². The Morgan fingerprint density at radius 1 is 1.44 bits per heavy atom. The van der Waals surface area contributed by atoms with Gasteiger partial charge in [0.25, 0.3) is 0 Å². The molecule has 0 aliphatic carbocycles. The van der Waals surface area contributed by atoms with Crippen LogP contribution in [0, 0.1) is 5.92 Å². The molecule has 0 atom stereocenters. The van der Waals surface area contributed by atoms with Gasteiger partial charge in [-0.2, -0.15) is 0 Å². The van der Waals surface area contributed by atoms with E-state index >= 15 is 0 Å². The summed E-state index contributed by atoms with van der Waals surface area (Å²) in [7, 11) is 0. The minimum Gasteiger partial charge on any atom is -0.356 e. The van der Waals surface area contributed by atoms with Crippen molar-refractivity contribution in [1.82, 2.24) is 15.8 Å². The van der Waals surface area contributed by atoms with Crippen molar-refractivity contribution in [3.05, 3.63) is 30.0 Å². The highest BCUT2D eigenvalue weighted by Crippen LogP contribution is 2.17. The fourth-order valence-electron chi connectivity index (χ4n) is 2.03. The first kappa shape index (κ1) is 11.2. The second-order valence-corrected chi connectivity index (χ2v) is 4.63. The van der Waals surface area contributed by atoms with E-state index < -0.39 is 0 Å². The molecular weight excluding hydrogens is 230 g/mol. The van der Waals surface area contributed by atoms with E-state index in [1.165, 1.54) is 0 Å². The first-order valence-corrected chi connectivity index (χ1v) is 6.13. The molecule has 3 rings (SSSR count). The van der Waals surface area contributed by atoms with Gasteiger partial charge in [0, 0.05) is 30.9 Å². The molecule has 1 saturated heterocycles. The molecule has 0 spiro atoms. The molecule has 18 heavy (non-hydrogen) atoms. The zero-order valence-corrected chi connectivity index (χ0v) is 9.98. The summed E-state index contributed by atoms with van der Waals surface area (Å²) in [5.74, 6) is 0.573. The molecule has 2 aromatic rings. The Hall–Kier alpha value is -1.88. The maximum Gasteiger partial charge on any atom is 0.226 e. The van der Waals surface area contributed by atoms with Crippen LogP contribution in [0.1, 0.15) is 5.69 Å². The highest BCUT2D eigenvalue weighted by molar-refractivity contribution is 5.86. The molecule has 2 heterocycles. The van der Waals surface area contributed by atoms with E-state index in [-0.39, 0.29) is 12.3 Å². The number of nitrogens with one attached hydrogen (secondary N) is 2. The molecule has 0 bridgehead atoms. The third-order valence-electron chi connectivity index (χ3n) is 3.23.